The van der Waals surface area contributed by atoms with Gasteiger partial charge >= 0.3 is 0 Å². The Kier molecular flexibility index (Phi) is 2.75. The molecule has 4 rings (SSSR count). The molecule has 0 saturated heterocycles. The molecular weight excluding hydrogens is 282 g/mol. The van der Waals surface area contributed by atoms with Crippen molar-refractivity contribution in [3.8, 4) is 0 Å². The van der Waals surface area contributed by atoms with Crippen molar-refractivity contribution >= 4 is 39.4 Å². The normalized spacial score (nSPS) is 11.2. The number of benzene rings is 2. The Balaban J connectivity index is 1.71. The van der Waals surface area contributed by atoms with Gasteiger partial charge in [-0.2, -0.15) is 0 Å². The van der Waals surface area contributed by atoms with Crippen LogP contribution in [-0.4, -0.2) is 19.9 Å². The van der Waals surface area contributed by atoms with Crippen LogP contribution in [0.5, 0.6) is 0 Å². The summed E-state index contributed by atoms with van der Waals surface area (Å²) >= 11 is 1.40. The van der Waals surface area contributed by atoms with Crippen LogP contribution in [0.3, 0.4) is 0 Å². The molecule has 4 aromatic rings. The van der Waals surface area contributed by atoms with Crippen molar-refractivity contribution in [2.45, 2.75) is 10.3 Å². The number of anilines is 1. The average Bonchev–Trinajstić information content (AvgIpc) is 2.88. The Bertz CT molecular complexity index is 947. The van der Waals surface area contributed by atoms with E-state index in [1.165, 1.54) is 11.8 Å². The number of para-hydroxylation sites is 1. The number of fused-ring (bicyclic) bond motifs is 2. The van der Waals surface area contributed by atoms with E-state index in [1.807, 2.05) is 48.7 Å². The van der Waals surface area contributed by atoms with Crippen LogP contribution in [0.1, 0.15) is 0 Å². The van der Waals surface area contributed by atoms with Crippen LogP contribution in [0.2, 0.25) is 0 Å². The zero-order valence-corrected chi connectivity index (χ0v) is 11.8. The maximum absolute atomic E-state index is 5.77. The van der Waals surface area contributed by atoms with Gasteiger partial charge in [0.1, 0.15) is 0 Å². The van der Waals surface area contributed by atoms with E-state index in [0.29, 0.717) is 10.8 Å². The molecule has 0 aliphatic carbocycles. The van der Waals surface area contributed by atoms with Crippen molar-refractivity contribution in [1.82, 2.24) is 19.9 Å². The monoisotopic (exact) mass is 293 g/mol. The van der Waals surface area contributed by atoms with Crippen LogP contribution in [0, 0.1) is 0 Å². The fourth-order valence-electron chi connectivity index (χ4n) is 2.14. The maximum atomic E-state index is 5.77. The van der Waals surface area contributed by atoms with Crippen LogP contribution in [0.25, 0.3) is 21.9 Å². The number of rotatable bonds is 2. The van der Waals surface area contributed by atoms with Gasteiger partial charge in [-0.1, -0.05) is 18.2 Å². The number of nitrogens with zero attached hydrogens (tertiary/aromatic N) is 3. The molecule has 0 bridgehead atoms. The molecule has 0 atom stereocenters. The molecule has 0 aliphatic heterocycles. The molecule has 0 saturated carbocycles. The van der Waals surface area contributed by atoms with Gasteiger partial charge in [-0.25, -0.2) is 15.0 Å². The van der Waals surface area contributed by atoms with Crippen molar-refractivity contribution in [3.05, 3.63) is 48.7 Å². The number of imidazole rings is 1. The molecule has 102 valence electrons. The van der Waals surface area contributed by atoms with Gasteiger partial charge in [0.2, 0.25) is 0 Å². The molecule has 2 aromatic heterocycles. The number of nitrogens with one attached hydrogen (secondary N) is 1. The van der Waals surface area contributed by atoms with Crippen LogP contribution in [0.4, 0.5) is 5.69 Å². The Morgan fingerprint density at radius 1 is 1.00 bits per heavy atom. The van der Waals surface area contributed by atoms with E-state index in [4.69, 9.17) is 5.73 Å². The van der Waals surface area contributed by atoms with E-state index >= 15 is 0 Å². The Hall–Kier alpha value is -2.60. The number of aromatic nitrogens is 4. The second-order valence-electron chi connectivity index (χ2n) is 4.63. The number of aromatic amines is 1. The summed E-state index contributed by atoms with van der Waals surface area (Å²) in [6, 6.07) is 13.5. The van der Waals surface area contributed by atoms with E-state index < -0.39 is 0 Å². The first-order chi connectivity index (χ1) is 10.3. The van der Waals surface area contributed by atoms with Crippen molar-refractivity contribution in [2.75, 3.05) is 5.73 Å². The van der Waals surface area contributed by atoms with Crippen LogP contribution >= 0.6 is 11.8 Å². The fraction of sp³-hybridized carbons (Fsp3) is 0. The SMILES string of the molecule is Nc1ccc2nc(Sc3ncc4ccccc4n3)[nH]c2c1. The lowest BCUT2D eigenvalue weighted by atomic mass is 10.2. The van der Waals surface area contributed by atoms with E-state index in [0.717, 1.165) is 27.1 Å². The Morgan fingerprint density at radius 3 is 2.86 bits per heavy atom. The summed E-state index contributed by atoms with van der Waals surface area (Å²) < 4.78 is 0. The first-order valence-corrected chi connectivity index (χ1v) is 7.24. The third-order valence-electron chi connectivity index (χ3n) is 3.14. The van der Waals surface area contributed by atoms with Gasteiger partial charge in [-0.3, -0.25) is 0 Å². The lowest BCUT2D eigenvalue weighted by Crippen LogP contribution is -1.87. The molecule has 0 fully saturated rings. The molecule has 0 spiro atoms. The Labute approximate surface area is 124 Å². The smallest absolute Gasteiger partial charge is 0.195 e. The molecule has 0 radical (unpaired) electrons. The zero-order chi connectivity index (χ0) is 14.2. The highest BCUT2D eigenvalue weighted by Crippen LogP contribution is 2.26. The third kappa shape index (κ3) is 2.30. The number of nitrogens with two attached hydrogens (primary N) is 1. The molecule has 2 heterocycles. The molecule has 5 nitrogen and oxygen atoms in total. The summed E-state index contributed by atoms with van der Waals surface area (Å²) in [6.07, 6.45) is 1.82. The van der Waals surface area contributed by atoms with Crippen LogP contribution < -0.4 is 5.73 Å². The van der Waals surface area contributed by atoms with Gasteiger partial charge in [0.15, 0.2) is 10.3 Å². The first-order valence-electron chi connectivity index (χ1n) is 6.43. The van der Waals surface area contributed by atoms with E-state index in [-0.39, 0.29) is 0 Å². The highest BCUT2D eigenvalue weighted by atomic mass is 32.2. The first kappa shape index (κ1) is 12.2. The van der Waals surface area contributed by atoms with Crippen LogP contribution in [-0.2, 0) is 0 Å². The minimum atomic E-state index is 0.667. The lowest BCUT2D eigenvalue weighted by Gasteiger charge is -1.99. The van der Waals surface area contributed by atoms with Gasteiger partial charge in [0, 0.05) is 17.3 Å². The highest BCUT2D eigenvalue weighted by molar-refractivity contribution is 7.99. The average molecular weight is 293 g/mol. The van der Waals surface area contributed by atoms with Crippen molar-refractivity contribution < 1.29 is 0 Å². The number of nitrogen functional groups attached to an aromatic ring is 1. The van der Waals surface area contributed by atoms with E-state index in [9.17, 15) is 0 Å². The van der Waals surface area contributed by atoms with Gasteiger partial charge in [-0.15, -0.1) is 0 Å². The fourth-order valence-corrected chi connectivity index (χ4v) is 2.87. The maximum Gasteiger partial charge on any atom is 0.195 e. The topological polar surface area (TPSA) is 80.5 Å². The second-order valence-corrected chi connectivity index (χ2v) is 5.59. The standard InChI is InChI=1S/C15H11N5S/c16-10-5-6-12-13(7-10)20-15(19-12)21-14-17-8-9-3-1-2-4-11(9)18-14/h1-8H,16H2,(H,19,20). The van der Waals surface area contributed by atoms with Gasteiger partial charge < -0.3 is 10.7 Å². The van der Waals surface area contributed by atoms with Gasteiger partial charge in [0.05, 0.1) is 16.6 Å². The van der Waals surface area contributed by atoms with Gasteiger partial charge in [0.25, 0.3) is 0 Å². The number of hydrogen-bond acceptors (Lipinski definition) is 5. The predicted molar refractivity (Wildman–Crippen MR) is 84.2 cm³/mol. The molecule has 0 amide bonds. The van der Waals surface area contributed by atoms with E-state index in [2.05, 4.69) is 19.9 Å². The minimum absolute atomic E-state index is 0.667. The number of hydrogen-bond donors (Lipinski definition) is 2. The molecule has 2 aromatic carbocycles. The molecule has 21 heavy (non-hydrogen) atoms. The predicted octanol–water partition coefficient (Wildman–Crippen LogP) is 3.24. The lowest BCUT2D eigenvalue weighted by molar-refractivity contribution is 0.983. The summed E-state index contributed by atoms with van der Waals surface area (Å²) in [5.74, 6) is 0. The summed E-state index contributed by atoms with van der Waals surface area (Å²) in [6.45, 7) is 0. The van der Waals surface area contributed by atoms with E-state index in [1.54, 1.807) is 0 Å². The summed E-state index contributed by atoms with van der Waals surface area (Å²) in [5, 5.41) is 2.45. The molecule has 0 unspecified atom stereocenters. The highest BCUT2D eigenvalue weighted by Gasteiger charge is 2.07. The third-order valence-corrected chi connectivity index (χ3v) is 3.91. The second kappa shape index (κ2) is 4.75. The molecule has 6 heteroatoms. The summed E-state index contributed by atoms with van der Waals surface area (Å²) in [7, 11) is 0. The molecule has 3 N–H and O–H groups in total. The largest absolute Gasteiger partial charge is 0.399 e. The Morgan fingerprint density at radius 2 is 1.90 bits per heavy atom. The quantitative estimate of drug-likeness (QED) is 0.438. The van der Waals surface area contributed by atoms with Crippen LogP contribution in [0.15, 0.2) is 59.0 Å². The van der Waals surface area contributed by atoms with Crippen molar-refractivity contribution in [2.24, 2.45) is 0 Å². The zero-order valence-electron chi connectivity index (χ0n) is 10.9. The molecule has 0 aliphatic rings. The van der Waals surface area contributed by atoms with Crippen molar-refractivity contribution in [3.63, 3.8) is 0 Å². The minimum Gasteiger partial charge on any atom is -0.399 e. The summed E-state index contributed by atoms with van der Waals surface area (Å²) in [4.78, 5) is 16.6. The summed E-state index contributed by atoms with van der Waals surface area (Å²) in [5.41, 5.74) is 9.20. The molecular formula is C15H11N5S. The number of H-pyrrole nitrogens is 1. The van der Waals surface area contributed by atoms with Crippen molar-refractivity contribution in [1.29, 1.82) is 0 Å². The van der Waals surface area contributed by atoms with Gasteiger partial charge in [-0.05, 0) is 36.0 Å².